The second-order valence-electron chi connectivity index (χ2n) is 6.14. The van der Waals surface area contributed by atoms with Crippen LogP contribution in [0.1, 0.15) is 5.56 Å². The molecule has 7 nitrogen and oxygen atoms in total. The molecule has 11 heteroatoms. The summed E-state index contributed by atoms with van der Waals surface area (Å²) in [4.78, 5) is 7.86. The second-order valence-corrected chi connectivity index (χ2v) is 6.54. The van der Waals surface area contributed by atoms with Gasteiger partial charge >= 0.3 is 6.18 Å². The molecule has 0 radical (unpaired) electrons. The van der Waals surface area contributed by atoms with E-state index in [2.05, 4.69) is 20.2 Å². The molecule has 4 rings (SSSR count). The predicted octanol–water partition coefficient (Wildman–Crippen LogP) is 3.20. The number of hydrogen-bond donors (Lipinski definition) is 1. The van der Waals surface area contributed by atoms with Gasteiger partial charge in [0.25, 0.3) is 0 Å². The van der Waals surface area contributed by atoms with Crippen LogP contribution in [0.3, 0.4) is 0 Å². The maximum Gasteiger partial charge on any atom is 0.417 e. The quantitative estimate of drug-likeness (QED) is 0.663. The first-order chi connectivity index (χ1) is 12.8. The van der Waals surface area contributed by atoms with Crippen molar-refractivity contribution in [3.63, 3.8) is 0 Å². The Bertz CT molecular complexity index is 984. The highest BCUT2D eigenvalue weighted by atomic mass is 35.5. The van der Waals surface area contributed by atoms with E-state index in [1.54, 1.807) is 6.07 Å². The van der Waals surface area contributed by atoms with Gasteiger partial charge < -0.3 is 15.5 Å². The summed E-state index contributed by atoms with van der Waals surface area (Å²) in [6.45, 7) is 2.28. The molecular formula is C16H14ClF3N6O. The summed E-state index contributed by atoms with van der Waals surface area (Å²) in [6, 6.07) is 4.49. The van der Waals surface area contributed by atoms with Gasteiger partial charge in [0, 0.05) is 32.4 Å². The first-order valence-electron chi connectivity index (χ1n) is 8.08. The van der Waals surface area contributed by atoms with E-state index in [0.717, 1.165) is 18.0 Å². The van der Waals surface area contributed by atoms with Gasteiger partial charge in [-0.15, -0.1) is 0 Å². The van der Waals surface area contributed by atoms with Crippen LogP contribution in [0.4, 0.5) is 30.4 Å². The highest BCUT2D eigenvalue weighted by Crippen LogP contribution is 2.34. The van der Waals surface area contributed by atoms with Crippen LogP contribution < -0.4 is 15.5 Å². The van der Waals surface area contributed by atoms with Crippen LogP contribution >= 0.6 is 11.6 Å². The number of aromatic nitrogens is 3. The van der Waals surface area contributed by atoms with Gasteiger partial charge in [-0.1, -0.05) is 11.6 Å². The Morgan fingerprint density at radius 1 is 1.04 bits per heavy atom. The fourth-order valence-corrected chi connectivity index (χ4v) is 3.39. The average molecular weight is 399 g/mol. The topological polar surface area (TPSA) is 84.3 Å². The Morgan fingerprint density at radius 3 is 2.37 bits per heavy atom. The zero-order valence-corrected chi connectivity index (χ0v) is 14.6. The molecule has 1 saturated heterocycles. The van der Waals surface area contributed by atoms with Crippen molar-refractivity contribution in [2.75, 3.05) is 41.7 Å². The molecule has 0 aliphatic carbocycles. The summed E-state index contributed by atoms with van der Waals surface area (Å²) in [6.07, 6.45) is -3.67. The van der Waals surface area contributed by atoms with Gasteiger partial charge in [-0.2, -0.15) is 13.2 Å². The molecule has 27 heavy (non-hydrogen) atoms. The largest absolute Gasteiger partial charge is 0.417 e. The Hall–Kier alpha value is -2.75. The molecule has 0 amide bonds. The number of nitrogens with zero attached hydrogens (tertiary/aromatic N) is 5. The van der Waals surface area contributed by atoms with E-state index >= 15 is 0 Å². The molecule has 1 aromatic carbocycles. The number of anilines is 3. The van der Waals surface area contributed by atoms with Crippen LogP contribution in [-0.2, 0) is 6.18 Å². The van der Waals surface area contributed by atoms with Gasteiger partial charge in [-0.05, 0) is 28.5 Å². The molecule has 3 aromatic rings. The van der Waals surface area contributed by atoms with Crippen molar-refractivity contribution in [3.05, 3.63) is 35.0 Å². The minimum atomic E-state index is -4.47. The average Bonchev–Trinajstić information content (AvgIpc) is 3.12. The van der Waals surface area contributed by atoms with Crippen molar-refractivity contribution < 1.29 is 17.8 Å². The zero-order chi connectivity index (χ0) is 19.2. The number of benzene rings is 1. The molecule has 0 bridgehead atoms. The maximum atomic E-state index is 12.8. The van der Waals surface area contributed by atoms with Gasteiger partial charge in [0.1, 0.15) is 5.82 Å². The van der Waals surface area contributed by atoms with Gasteiger partial charge in [0.15, 0.2) is 11.0 Å². The van der Waals surface area contributed by atoms with Crippen molar-refractivity contribution in [1.29, 1.82) is 0 Å². The normalized spacial score (nSPS) is 15.6. The lowest BCUT2D eigenvalue weighted by molar-refractivity contribution is -0.137. The maximum absolute atomic E-state index is 12.8. The van der Waals surface area contributed by atoms with E-state index in [-0.39, 0.29) is 5.02 Å². The Labute approximate surface area is 156 Å². The standard InChI is InChI=1S/C16H14ClF3N6O/c17-10-7-9(16(18,19)20)8-22-15(10)26-5-3-25(4-6-26)12-2-1-11(21)13-14(12)24-27-23-13/h1-2,7-8H,3-6,21H2. The number of nitrogen functional groups attached to an aromatic ring is 1. The van der Waals surface area contributed by atoms with Crippen molar-refractivity contribution >= 4 is 39.8 Å². The highest BCUT2D eigenvalue weighted by Gasteiger charge is 2.32. The number of pyridine rings is 1. The lowest BCUT2D eigenvalue weighted by atomic mass is 10.2. The van der Waals surface area contributed by atoms with Crippen LogP contribution in [-0.4, -0.2) is 41.5 Å². The summed E-state index contributed by atoms with van der Waals surface area (Å²) in [5, 5.41) is 7.71. The fourth-order valence-electron chi connectivity index (χ4n) is 3.11. The number of fused-ring (bicyclic) bond motifs is 1. The van der Waals surface area contributed by atoms with Crippen LogP contribution in [0, 0.1) is 0 Å². The number of alkyl halides is 3. The van der Waals surface area contributed by atoms with Gasteiger partial charge in [0.05, 0.1) is 22.0 Å². The molecule has 0 atom stereocenters. The molecule has 1 aliphatic rings. The highest BCUT2D eigenvalue weighted by molar-refractivity contribution is 6.33. The lowest BCUT2D eigenvalue weighted by Gasteiger charge is -2.37. The lowest BCUT2D eigenvalue weighted by Crippen LogP contribution is -2.47. The molecular weight excluding hydrogens is 385 g/mol. The predicted molar refractivity (Wildman–Crippen MR) is 94.9 cm³/mol. The first-order valence-corrected chi connectivity index (χ1v) is 8.46. The fraction of sp³-hybridized carbons (Fsp3) is 0.312. The number of halogens is 4. The molecule has 2 N–H and O–H groups in total. The Balaban J connectivity index is 1.52. The van der Waals surface area contributed by atoms with E-state index < -0.39 is 11.7 Å². The third kappa shape index (κ3) is 3.20. The van der Waals surface area contributed by atoms with E-state index in [0.29, 0.717) is 48.7 Å². The molecule has 142 valence electrons. The Morgan fingerprint density at radius 2 is 1.70 bits per heavy atom. The van der Waals surface area contributed by atoms with Gasteiger partial charge in [-0.3, -0.25) is 0 Å². The molecule has 0 spiro atoms. The zero-order valence-electron chi connectivity index (χ0n) is 13.9. The Kier molecular flexibility index (Phi) is 4.22. The molecule has 1 fully saturated rings. The van der Waals surface area contributed by atoms with Gasteiger partial charge in [0.2, 0.25) is 0 Å². The summed E-state index contributed by atoms with van der Waals surface area (Å²) in [7, 11) is 0. The SMILES string of the molecule is Nc1ccc(N2CCN(c3ncc(C(F)(F)F)cc3Cl)CC2)c2nonc12. The third-order valence-corrected chi connectivity index (χ3v) is 4.77. The van der Waals surface area contributed by atoms with E-state index in [1.165, 1.54) is 0 Å². The number of nitrogens with two attached hydrogens (primary N) is 1. The number of piperazine rings is 1. The van der Waals surface area contributed by atoms with Crippen LogP contribution in [0.2, 0.25) is 5.02 Å². The van der Waals surface area contributed by atoms with Crippen molar-refractivity contribution in [2.24, 2.45) is 0 Å². The summed E-state index contributed by atoms with van der Waals surface area (Å²) in [5.74, 6) is 0.342. The summed E-state index contributed by atoms with van der Waals surface area (Å²) in [5.41, 5.74) is 7.40. The van der Waals surface area contributed by atoms with Crippen LogP contribution in [0.25, 0.3) is 11.0 Å². The van der Waals surface area contributed by atoms with Crippen molar-refractivity contribution in [1.82, 2.24) is 15.3 Å². The second kappa shape index (κ2) is 6.45. The molecule has 0 saturated carbocycles. The summed E-state index contributed by atoms with van der Waals surface area (Å²) >= 11 is 6.04. The van der Waals surface area contributed by atoms with Crippen LogP contribution in [0.5, 0.6) is 0 Å². The van der Waals surface area contributed by atoms with Gasteiger partial charge in [-0.25, -0.2) is 9.61 Å². The smallest absolute Gasteiger partial charge is 0.397 e. The third-order valence-electron chi connectivity index (χ3n) is 4.49. The first kappa shape index (κ1) is 17.7. The molecule has 2 aromatic heterocycles. The van der Waals surface area contributed by atoms with E-state index in [1.807, 2.05) is 11.0 Å². The minimum absolute atomic E-state index is 0.0196. The summed E-state index contributed by atoms with van der Waals surface area (Å²) < 4.78 is 43.1. The van der Waals surface area contributed by atoms with E-state index in [4.69, 9.17) is 22.0 Å². The monoisotopic (exact) mass is 398 g/mol. The minimum Gasteiger partial charge on any atom is -0.397 e. The molecule has 3 heterocycles. The molecule has 0 unspecified atom stereocenters. The van der Waals surface area contributed by atoms with E-state index in [9.17, 15) is 13.2 Å². The van der Waals surface area contributed by atoms with Crippen molar-refractivity contribution in [2.45, 2.75) is 6.18 Å². The number of hydrogen-bond acceptors (Lipinski definition) is 7. The molecule has 1 aliphatic heterocycles. The van der Waals surface area contributed by atoms with Crippen molar-refractivity contribution in [3.8, 4) is 0 Å². The number of rotatable bonds is 2. The van der Waals surface area contributed by atoms with Crippen LogP contribution in [0.15, 0.2) is 29.0 Å².